The van der Waals surface area contributed by atoms with Gasteiger partial charge in [0, 0.05) is 4.88 Å². The molecule has 0 bridgehead atoms. The minimum absolute atomic E-state index is 0.152. The van der Waals surface area contributed by atoms with Gasteiger partial charge in [-0.05, 0) is 64.3 Å². The minimum atomic E-state index is -0.397. The number of fused-ring (bicyclic) bond motifs is 1. The molecule has 3 rings (SSSR count). The molecule has 1 unspecified atom stereocenters. The molecule has 1 heterocycles. The molecule has 20 heavy (non-hydrogen) atoms. The first kappa shape index (κ1) is 13.6. The van der Waals surface area contributed by atoms with Gasteiger partial charge in [-0.25, -0.2) is 4.39 Å². The van der Waals surface area contributed by atoms with Crippen LogP contribution in [-0.2, 0) is 6.42 Å². The van der Waals surface area contributed by atoms with E-state index in [1.807, 2.05) is 6.07 Å². The highest BCUT2D eigenvalue weighted by atomic mass is 79.9. The van der Waals surface area contributed by atoms with Crippen molar-refractivity contribution in [2.45, 2.75) is 25.3 Å². The van der Waals surface area contributed by atoms with Crippen LogP contribution in [0.25, 0.3) is 0 Å². The Labute approximate surface area is 129 Å². The average molecular weight is 351 g/mol. The maximum absolute atomic E-state index is 14.2. The molecule has 1 aromatic heterocycles. The molecule has 1 aromatic carbocycles. The third-order valence-corrected chi connectivity index (χ3v) is 5.36. The highest BCUT2D eigenvalue weighted by molar-refractivity contribution is 9.10. The smallest absolute Gasteiger partial charge is 0.161 e. The molecule has 0 amide bonds. The van der Waals surface area contributed by atoms with E-state index in [1.165, 1.54) is 10.4 Å². The SMILES string of the molecule is N#Cc1ccc(NC2CCCc3sccc32)c(F)c1Br. The number of aryl methyl sites for hydroxylation is 1. The van der Waals surface area contributed by atoms with Crippen LogP contribution < -0.4 is 5.32 Å². The molecule has 1 aliphatic carbocycles. The van der Waals surface area contributed by atoms with Gasteiger partial charge in [0.1, 0.15) is 6.07 Å². The van der Waals surface area contributed by atoms with Gasteiger partial charge in [-0.15, -0.1) is 11.3 Å². The lowest BCUT2D eigenvalue weighted by Gasteiger charge is -2.25. The summed E-state index contributed by atoms with van der Waals surface area (Å²) in [7, 11) is 0. The molecule has 0 spiro atoms. The third-order valence-electron chi connectivity index (χ3n) is 3.58. The first-order valence-electron chi connectivity index (χ1n) is 6.41. The van der Waals surface area contributed by atoms with Crippen molar-refractivity contribution in [2.75, 3.05) is 5.32 Å². The molecule has 0 radical (unpaired) electrons. The zero-order chi connectivity index (χ0) is 14.1. The van der Waals surface area contributed by atoms with Gasteiger partial charge in [-0.2, -0.15) is 5.26 Å². The maximum Gasteiger partial charge on any atom is 0.161 e. The van der Waals surface area contributed by atoms with Crippen molar-refractivity contribution in [3.63, 3.8) is 0 Å². The Kier molecular flexibility index (Phi) is 3.77. The molecule has 2 nitrogen and oxygen atoms in total. The van der Waals surface area contributed by atoms with Crippen LogP contribution in [0.4, 0.5) is 10.1 Å². The molecule has 1 atom stereocenters. The Morgan fingerprint density at radius 3 is 3.05 bits per heavy atom. The lowest BCUT2D eigenvalue weighted by atomic mass is 9.94. The van der Waals surface area contributed by atoms with Gasteiger partial charge >= 0.3 is 0 Å². The van der Waals surface area contributed by atoms with Gasteiger partial charge in [-0.3, -0.25) is 0 Å². The lowest BCUT2D eigenvalue weighted by Crippen LogP contribution is -2.16. The molecule has 1 N–H and O–H groups in total. The van der Waals surface area contributed by atoms with Gasteiger partial charge in [0.2, 0.25) is 0 Å². The van der Waals surface area contributed by atoms with E-state index in [1.54, 1.807) is 23.5 Å². The van der Waals surface area contributed by atoms with Crippen molar-refractivity contribution in [1.29, 1.82) is 5.26 Å². The van der Waals surface area contributed by atoms with Crippen LogP contribution in [0.2, 0.25) is 0 Å². The Morgan fingerprint density at radius 1 is 1.40 bits per heavy atom. The summed E-state index contributed by atoms with van der Waals surface area (Å²) in [6.45, 7) is 0. The number of thiophene rings is 1. The molecule has 5 heteroatoms. The number of anilines is 1. The van der Waals surface area contributed by atoms with Gasteiger partial charge in [0.05, 0.1) is 21.8 Å². The van der Waals surface area contributed by atoms with Gasteiger partial charge in [0.15, 0.2) is 5.82 Å². The number of nitrogens with zero attached hydrogens (tertiary/aromatic N) is 1. The van der Waals surface area contributed by atoms with Crippen molar-refractivity contribution in [1.82, 2.24) is 0 Å². The van der Waals surface area contributed by atoms with Crippen molar-refractivity contribution >= 4 is 33.0 Å². The van der Waals surface area contributed by atoms with Crippen LogP contribution in [0.1, 0.15) is 34.9 Å². The predicted octanol–water partition coefficient (Wildman–Crippen LogP) is 5.01. The molecule has 1 aliphatic rings. The van der Waals surface area contributed by atoms with Crippen LogP contribution in [0.15, 0.2) is 28.1 Å². The number of nitrogens with one attached hydrogen (secondary N) is 1. The molecular formula is C15H12BrFN2S. The zero-order valence-corrected chi connectivity index (χ0v) is 13.0. The van der Waals surface area contributed by atoms with Crippen molar-refractivity contribution < 1.29 is 4.39 Å². The van der Waals surface area contributed by atoms with E-state index < -0.39 is 5.82 Å². The normalized spacial score (nSPS) is 17.4. The monoisotopic (exact) mass is 350 g/mol. The molecule has 0 aliphatic heterocycles. The first-order chi connectivity index (χ1) is 9.70. The number of hydrogen-bond acceptors (Lipinski definition) is 3. The van der Waals surface area contributed by atoms with E-state index in [-0.39, 0.29) is 10.5 Å². The van der Waals surface area contributed by atoms with Crippen LogP contribution in [-0.4, -0.2) is 0 Å². The van der Waals surface area contributed by atoms with Crippen molar-refractivity contribution in [3.05, 3.63) is 49.9 Å². The topological polar surface area (TPSA) is 35.8 Å². The Morgan fingerprint density at radius 2 is 2.25 bits per heavy atom. The van der Waals surface area contributed by atoms with E-state index >= 15 is 0 Å². The fraction of sp³-hybridized carbons (Fsp3) is 0.267. The zero-order valence-electron chi connectivity index (χ0n) is 10.6. The summed E-state index contributed by atoms with van der Waals surface area (Å²) in [5, 5.41) is 14.3. The average Bonchev–Trinajstić information content (AvgIpc) is 2.93. The summed E-state index contributed by atoms with van der Waals surface area (Å²) in [5.41, 5.74) is 2.04. The number of hydrogen-bond donors (Lipinski definition) is 1. The summed E-state index contributed by atoms with van der Waals surface area (Å²) in [5.74, 6) is -0.397. The van der Waals surface area contributed by atoms with E-state index in [2.05, 4.69) is 32.7 Å². The molecule has 0 saturated carbocycles. The number of rotatable bonds is 2. The number of nitriles is 1. The molecule has 102 valence electrons. The summed E-state index contributed by atoms with van der Waals surface area (Å²) in [6.07, 6.45) is 3.23. The maximum atomic E-state index is 14.2. The van der Waals surface area contributed by atoms with Gasteiger partial charge in [0.25, 0.3) is 0 Å². The molecular weight excluding hydrogens is 339 g/mol. The highest BCUT2D eigenvalue weighted by Crippen LogP contribution is 2.37. The predicted molar refractivity (Wildman–Crippen MR) is 82.4 cm³/mol. The second kappa shape index (κ2) is 5.55. The second-order valence-electron chi connectivity index (χ2n) is 4.79. The van der Waals surface area contributed by atoms with Crippen LogP contribution in [0.3, 0.4) is 0 Å². The fourth-order valence-electron chi connectivity index (χ4n) is 2.57. The minimum Gasteiger partial charge on any atom is -0.376 e. The van der Waals surface area contributed by atoms with Gasteiger partial charge in [-0.1, -0.05) is 0 Å². The lowest BCUT2D eigenvalue weighted by molar-refractivity contribution is 0.590. The summed E-state index contributed by atoms with van der Waals surface area (Å²) >= 11 is 4.91. The van der Waals surface area contributed by atoms with Crippen LogP contribution in [0, 0.1) is 17.1 Å². The van der Waals surface area contributed by atoms with Crippen LogP contribution in [0.5, 0.6) is 0 Å². The highest BCUT2D eigenvalue weighted by Gasteiger charge is 2.22. The molecule has 0 saturated heterocycles. The van der Waals surface area contributed by atoms with E-state index in [0.29, 0.717) is 11.3 Å². The Bertz CT molecular complexity index is 690. The summed E-state index contributed by atoms with van der Waals surface area (Å²) < 4.78 is 14.5. The van der Waals surface area contributed by atoms with E-state index in [9.17, 15) is 4.39 Å². The van der Waals surface area contributed by atoms with Crippen LogP contribution >= 0.6 is 27.3 Å². The summed E-state index contributed by atoms with van der Waals surface area (Å²) in [4.78, 5) is 1.39. The summed E-state index contributed by atoms with van der Waals surface area (Å²) in [6, 6.07) is 7.51. The molecule has 0 fully saturated rings. The second-order valence-corrected chi connectivity index (χ2v) is 6.58. The largest absolute Gasteiger partial charge is 0.376 e. The standard InChI is InChI=1S/C15H12BrFN2S/c16-14-9(8-18)4-5-12(15(14)17)19-11-2-1-3-13-10(11)6-7-20-13/h4-7,11,19H,1-3H2. The number of benzene rings is 1. The van der Waals surface area contributed by atoms with Gasteiger partial charge < -0.3 is 5.32 Å². The first-order valence-corrected chi connectivity index (χ1v) is 8.09. The number of halogens is 2. The quantitative estimate of drug-likeness (QED) is 0.826. The van der Waals surface area contributed by atoms with E-state index in [4.69, 9.17) is 5.26 Å². The Balaban J connectivity index is 1.91. The third kappa shape index (κ3) is 2.34. The fourth-order valence-corrected chi connectivity index (χ4v) is 3.99. The Hall–Kier alpha value is -1.38. The van der Waals surface area contributed by atoms with Crippen molar-refractivity contribution in [2.24, 2.45) is 0 Å². The molecule has 2 aromatic rings. The van der Waals surface area contributed by atoms with Crippen molar-refractivity contribution in [3.8, 4) is 6.07 Å². The van der Waals surface area contributed by atoms with E-state index in [0.717, 1.165) is 19.3 Å².